The molecule has 1 unspecified atom stereocenters. The third kappa shape index (κ3) is 4.50. The van der Waals surface area contributed by atoms with E-state index in [1.165, 1.54) is 14.2 Å². The Morgan fingerprint density at radius 1 is 1.40 bits per heavy atom. The summed E-state index contributed by atoms with van der Waals surface area (Å²) < 4.78 is 10.5. The van der Waals surface area contributed by atoms with Crippen molar-refractivity contribution in [3.8, 4) is 5.75 Å². The SMILES string of the molecule is COCCC(NC(=O)c1ccc(OC)c(Br)c1)C(=O)O. The van der Waals surface area contributed by atoms with Gasteiger partial charge in [-0.25, -0.2) is 4.79 Å². The van der Waals surface area contributed by atoms with Crippen LogP contribution >= 0.6 is 15.9 Å². The smallest absolute Gasteiger partial charge is 0.326 e. The van der Waals surface area contributed by atoms with E-state index < -0.39 is 17.9 Å². The van der Waals surface area contributed by atoms with E-state index in [0.717, 1.165) is 0 Å². The minimum Gasteiger partial charge on any atom is -0.496 e. The molecule has 0 radical (unpaired) electrons. The second-order valence-corrected chi connectivity index (χ2v) is 4.85. The molecule has 7 heteroatoms. The van der Waals surface area contributed by atoms with Gasteiger partial charge in [-0.05, 0) is 34.1 Å². The number of carboxylic acids is 1. The lowest BCUT2D eigenvalue weighted by molar-refractivity contribution is -0.139. The highest BCUT2D eigenvalue weighted by Gasteiger charge is 2.20. The molecular weight excluding hydrogens is 330 g/mol. The van der Waals surface area contributed by atoms with Crippen molar-refractivity contribution in [3.05, 3.63) is 28.2 Å². The van der Waals surface area contributed by atoms with Crippen LogP contribution in [0.5, 0.6) is 5.75 Å². The van der Waals surface area contributed by atoms with Crippen molar-refractivity contribution in [2.24, 2.45) is 0 Å². The van der Waals surface area contributed by atoms with E-state index in [1.807, 2.05) is 0 Å². The van der Waals surface area contributed by atoms with Gasteiger partial charge in [0.1, 0.15) is 11.8 Å². The van der Waals surface area contributed by atoms with Crippen molar-refractivity contribution >= 4 is 27.8 Å². The normalized spacial score (nSPS) is 11.8. The maximum absolute atomic E-state index is 12.0. The average molecular weight is 346 g/mol. The summed E-state index contributed by atoms with van der Waals surface area (Å²) in [7, 11) is 2.99. The number of amides is 1. The first kappa shape index (κ1) is 16.5. The number of halogens is 1. The Hall–Kier alpha value is -1.60. The van der Waals surface area contributed by atoms with Crippen molar-refractivity contribution in [2.75, 3.05) is 20.8 Å². The van der Waals surface area contributed by atoms with Crippen molar-refractivity contribution in [1.29, 1.82) is 0 Å². The third-order valence-electron chi connectivity index (χ3n) is 2.63. The van der Waals surface area contributed by atoms with Gasteiger partial charge in [-0.15, -0.1) is 0 Å². The number of nitrogens with one attached hydrogen (secondary N) is 1. The monoisotopic (exact) mass is 345 g/mol. The van der Waals surface area contributed by atoms with Gasteiger partial charge in [0, 0.05) is 25.7 Å². The molecule has 0 aliphatic heterocycles. The average Bonchev–Trinajstić information content (AvgIpc) is 2.42. The van der Waals surface area contributed by atoms with Gasteiger partial charge in [-0.3, -0.25) is 4.79 Å². The summed E-state index contributed by atoms with van der Waals surface area (Å²) in [5.74, 6) is -0.962. The number of carbonyl (C=O) groups excluding carboxylic acids is 1. The number of rotatable bonds is 7. The van der Waals surface area contributed by atoms with Gasteiger partial charge >= 0.3 is 5.97 Å². The van der Waals surface area contributed by atoms with Crippen molar-refractivity contribution in [1.82, 2.24) is 5.32 Å². The van der Waals surface area contributed by atoms with Crippen LogP contribution < -0.4 is 10.1 Å². The van der Waals surface area contributed by atoms with Crippen LogP contribution in [0.15, 0.2) is 22.7 Å². The van der Waals surface area contributed by atoms with Gasteiger partial charge in [-0.1, -0.05) is 0 Å². The molecule has 0 spiro atoms. The largest absolute Gasteiger partial charge is 0.496 e. The molecule has 1 rings (SSSR count). The number of hydrogen-bond donors (Lipinski definition) is 2. The van der Waals surface area contributed by atoms with E-state index in [-0.39, 0.29) is 13.0 Å². The molecule has 0 bridgehead atoms. The third-order valence-corrected chi connectivity index (χ3v) is 3.25. The lowest BCUT2D eigenvalue weighted by atomic mass is 10.1. The predicted molar refractivity (Wildman–Crippen MR) is 76.1 cm³/mol. The van der Waals surface area contributed by atoms with Crippen LogP contribution in [0.3, 0.4) is 0 Å². The summed E-state index contributed by atoms with van der Waals surface area (Å²) in [6, 6.07) is 3.78. The van der Waals surface area contributed by atoms with Crippen LogP contribution in [0.2, 0.25) is 0 Å². The van der Waals surface area contributed by atoms with E-state index in [4.69, 9.17) is 14.6 Å². The lowest BCUT2D eigenvalue weighted by Crippen LogP contribution is -2.41. The zero-order valence-electron chi connectivity index (χ0n) is 11.2. The first-order chi connectivity index (χ1) is 9.49. The van der Waals surface area contributed by atoms with Crippen molar-refractivity contribution in [2.45, 2.75) is 12.5 Å². The summed E-state index contributed by atoms with van der Waals surface area (Å²) in [6.07, 6.45) is 0.203. The summed E-state index contributed by atoms with van der Waals surface area (Å²) >= 11 is 3.27. The highest BCUT2D eigenvalue weighted by molar-refractivity contribution is 9.10. The number of methoxy groups -OCH3 is 2. The highest BCUT2D eigenvalue weighted by Crippen LogP contribution is 2.25. The number of ether oxygens (including phenoxy) is 2. The molecule has 0 fully saturated rings. The van der Waals surface area contributed by atoms with Crippen LogP contribution in [0, 0.1) is 0 Å². The van der Waals surface area contributed by atoms with Gasteiger partial charge in [0.15, 0.2) is 0 Å². The van der Waals surface area contributed by atoms with Crippen LogP contribution in [0.4, 0.5) is 0 Å². The summed E-state index contributed by atoms with van der Waals surface area (Å²) in [6.45, 7) is 0.254. The molecule has 110 valence electrons. The molecule has 20 heavy (non-hydrogen) atoms. The minimum absolute atomic E-state index is 0.203. The van der Waals surface area contributed by atoms with Gasteiger partial charge < -0.3 is 19.9 Å². The Labute approximate surface area is 125 Å². The van der Waals surface area contributed by atoms with E-state index in [1.54, 1.807) is 18.2 Å². The Morgan fingerprint density at radius 3 is 2.60 bits per heavy atom. The number of hydrogen-bond acceptors (Lipinski definition) is 4. The van der Waals surface area contributed by atoms with E-state index in [2.05, 4.69) is 21.2 Å². The molecule has 1 aromatic carbocycles. The van der Waals surface area contributed by atoms with E-state index in [9.17, 15) is 9.59 Å². The highest BCUT2D eigenvalue weighted by atomic mass is 79.9. The first-order valence-corrected chi connectivity index (χ1v) is 6.65. The number of benzene rings is 1. The van der Waals surface area contributed by atoms with Crippen LogP contribution in [0.25, 0.3) is 0 Å². The molecule has 1 amide bonds. The number of carboxylic acid groups (broad SMARTS) is 1. The van der Waals surface area contributed by atoms with E-state index >= 15 is 0 Å². The molecule has 0 aliphatic carbocycles. The molecule has 0 aliphatic rings. The van der Waals surface area contributed by atoms with Gasteiger partial charge in [0.25, 0.3) is 5.91 Å². The fraction of sp³-hybridized carbons (Fsp3) is 0.385. The predicted octanol–water partition coefficient (Wildman–Crippen LogP) is 1.68. The Morgan fingerprint density at radius 2 is 2.10 bits per heavy atom. The molecule has 0 heterocycles. The maximum Gasteiger partial charge on any atom is 0.326 e. The quantitative estimate of drug-likeness (QED) is 0.785. The van der Waals surface area contributed by atoms with Crippen LogP contribution in [-0.2, 0) is 9.53 Å². The number of aliphatic carboxylic acids is 1. The Kier molecular flexibility index (Phi) is 6.47. The summed E-state index contributed by atoms with van der Waals surface area (Å²) in [5.41, 5.74) is 0.348. The van der Waals surface area contributed by atoms with E-state index in [0.29, 0.717) is 15.8 Å². The second kappa shape index (κ2) is 7.86. The molecule has 1 aromatic rings. The number of carbonyl (C=O) groups is 2. The molecular formula is C13H16BrNO5. The maximum atomic E-state index is 12.0. The minimum atomic E-state index is -1.09. The fourth-order valence-corrected chi connectivity index (χ4v) is 2.08. The molecule has 0 aromatic heterocycles. The molecule has 2 N–H and O–H groups in total. The van der Waals surface area contributed by atoms with Gasteiger partial charge in [0.05, 0.1) is 11.6 Å². The molecule has 6 nitrogen and oxygen atoms in total. The molecule has 1 atom stereocenters. The topological polar surface area (TPSA) is 84.9 Å². The zero-order valence-corrected chi connectivity index (χ0v) is 12.8. The molecule has 0 saturated heterocycles. The van der Waals surface area contributed by atoms with Gasteiger partial charge in [0.2, 0.25) is 0 Å². The van der Waals surface area contributed by atoms with Crippen molar-refractivity contribution in [3.63, 3.8) is 0 Å². The van der Waals surface area contributed by atoms with Crippen LogP contribution in [-0.4, -0.2) is 43.9 Å². The second-order valence-electron chi connectivity index (χ2n) is 4.00. The first-order valence-electron chi connectivity index (χ1n) is 5.85. The summed E-state index contributed by atoms with van der Waals surface area (Å²) in [4.78, 5) is 23.0. The standard InChI is InChI=1S/C13H16BrNO5/c1-19-6-5-10(13(17)18)15-12(16)8-3-4-11(20-2)9(14)7-8/h3-4,7,10H,5-6H2,1-2H3,(H,15,16)(H,17,18). The Bertz CT molecular complexity index is 492. The zero-order chi connectivity index (χ0) is 15.1. The van der Waals surface area contributed by atoms with Gasteiger partial charge in [-0.2, -0.15) is 0 Å². The molecule has 0 saturated carbocycles. The Balaban J connectivity index is 2.78. The van der Waals surface area contributed by atoms with Crippen molar-refractivity contribution < 1.29 is 24.2 Å². The van der Waals surface area contributed by atoms with Crippen LogP contribution in [0.1, 0.15) is 16.8 Å². The fourth-order valence-electron chi connectivity index (χ4n) is 1.54. The lowest BCUT2D eigenvalue weighted by Gasteiger charge is -2.14. The summed E-state index contributed by atoms with van der Waals surface area (Å²) in [5, 5.41) is 11.5.